The van der Waals surface area contributed by atoms with Crippen molar-refractivity contribution in [3.63, 3.8) is 0 Å². The Hall–Kier alpha value is -3.46. The van der Waals surface area contributed by atoms with Crippen LogP contribution in [0, 0.1) is 5.92 Å². The van der Waals surface area contributed by atoms with Crippen LogP contribution in [-0.4, -0.2) is 45.6 Å². The van der Waals surface area contributed by atoms with Crippen LogP contribution in [0.1, 0.15) is 16.8 Å². The maximum atomic E-state index is 12.5. The van der Waals surface area contributed by atoms with Crippen LogP contribution in [0.3, 0.4) is 0 Å². The summed E-state index contributed by atoms with van der Waals surface area (Å²) in [6.45, 7) is 0.186. The maximum Gasteiger partial charge on any atom is 0.269 e. The number of ether oxygens (including phenoxy) is 3. The summed E-state index contributed by atoms with van der Waals surface area (Å²) in [5.41, 5.74) is 5.54. The van der Waals surface area contributed by atoms with E-state index in [1.165, 1.54) is 38.4 Å². The minimum atomic E-state index is -0.619. The van der Waals surface area contributed by atoms with Crippen molar-refractivity contribution in [3.8, 4) is 17.2 Å². The molecule has 3 amide bonds. The molecule has 2 N–H and O–H groups in total. The van der Waals surface area contributed by atoms with Crippen molar-refractivity contribution < 1.29 is 28.6 Å². The van der Waals surface area contributed by atoms with Gasteiger partial charge >= 0.3 is 0 Å². The lowest BCUT2D eigenvalue weighted by molar-refractivity contribution is -0.126. The number of hydrogen-bond acceptors (Lipinski definition) is 6. The zero-order valence-electron chi connectivity index (χ0n) is 17.2. The number of carbonyl (C=O) groups excluding carboxylic acids is 3. The second-order valence-corrected chi connectivity index (χ2v) is 7.18. The quantitative estimate of drug-likeness (QED) is 0.657. The number of halogens is 1. The van der Waals surface area contributed by atoms with Gasteiger partial charge in [0.05, 0.1) is 27.2 Å². The summed E-state index contributed by atoms with van der Waals surface area (Å²) in [4.78, 5) is 38.9. The largest absolute Gasteiger partial charge is 0.493 e. The van der Waals surface area contributed by atoms with E-state index in [1.807, 2.05) is 0 Å². The summed E-state index contributed by atoms with van der Waals surface area (Å²) >= 11 is 5.98. The predicted molar refractivity (Wildman–Crippen MR) is 114 cm³/mol. The highest BCUT2D eigenvalue weighted by atomic mass is 35.5. The van der Waals surface area contributed by atoms with Crippen LogP contribution in [0.15, 0.2) is 36.4 Å². The number of methoxy groups -OCH3 is 3. The Morgan fingerprint density at radius 1 is 1.03 bits per heavy atom. The van der Waals surface area contributed by atoms with Gasteiger partial charge in [0.25, 0.3) is 5.91 Å². The molecule has 164 valence electrons. The third-order valence-corrected chi connectivity index (χ3v) is 5.08. The van der Waals surface area contributed by atoms with Crippen molar-refractivity contribution in [3.05, 3.63) is 47.0 Å². The van der Waals surface area contributed by atoms with Crippen LogP contribution in [0.5, 0.6) is 17.2 Å². The molecular weight excluding hydrogens is 426 g/mol. The Labute approximate surface area is 184 Å². The molecule has 1 saturated heterocycles. The van der Waals surface area contributed by atoms with Gasteiger partial charge in [0.2, 0.25) is 17.6 Å². The number of benzene rings is 2. The minimum Gasteiger partial charge on any atom is -0.493 e. The van der Waals surface area contributed by atoms with Crippen LogP contribution in [0.4, 0.5) is 5.69 Å². The molecule has 0 aromatic heterocycles. The smallest absolute Gasteiger partial charge is 0.269 e. The number of amides is 3. The van der Waals surface area contributed by atoms with E-state index < -0.39 is 17.7 Å². The summed E-state index contributed by atoms with van der Waals surface area (Å²) in [7, 11) is 4.32. The van der Waals surface area contributed by atoms with Gasteiger partial charge in [0.15, 0.2) is 11.5 Å². The zero-order valence-corrected chi connectivity index (χ0v) is 18.0. The number of rotatable bonds is 6. The summed E-state index contributed by atoms with van der Waals surface area (Å²) in [6.07, 6.45) is 0.0262. The second-order valence-electron chi connectivity index (χ2n) is 6.74. The Kier molecular flexibility index (Phi) is 6.86. The third kappa shape index (κ3) is 4.83. The molecule has 1 atom stereocenters. The molecule has 1 heterocycles. The molecule has 0 aliphatic carbocycles. The molecule has 3 rings (SSSR count). The van der Waals surface area contributed by atoms with Gasteiger partial charge in [0.1, 0.15) is 0 Å². The molecule has 1 aliphatic heterocycles. The van der Waals surface area contributed by atoms with Crippen LogP contribution in [0.2, 0.25) is 5.02 Å². The first-order valence-electron chi connectivity index (χ1n) is 9.34. The molecule has 0 spiro atoms. The van der Waals surface area contributed by atoms with E-state index in [0.717, 1.165) is 0 Å². The molecule has 9 nitrogen and oxygen atoms in total. The fourth-order valence-corrected chi connectivity index (χ4v) is 3.47. The molecular formula is C21H22ClN3O6. The van der Waals surface area contributed by atoms with E-state index >= 15 is 0 Å². The number of anilines is 1. The van der Waals surface area contributed by atoms with Gasteiger partial charge < -0.3 is 19.1 Å². The fourth-order valence-electron chi connectivity index (χ4n) is 3.28. The molecule has 1 aliphatic rings. The molecule has 10 heteroatoms. The molecule has 1 fully saturated rings. The lowest BCUT2D eigenvalue weighted by atomic mass is 10.1. The first kappa shape index (κ1) is 22.2. The number of hydrogen-bond donors (Lipinski definition) is 2. The van der Waals surface area contributed by atoms with E-state index in [2.05, 4.69) is 10.9 Å². The van der Waals surface area contributed by atoms with Crippen molar-refractivity contribution in [2.75, 3.05) is 32.8 Å². The zero-order chi connectivity index (χ0) is 22.5. The highest BCUT2D eigenvalue weighted by Crippen LogP contribution is 2.38. The van der Waals surface area contributed by atoms with Gasteiger partial charge in [-0.3, -0.25) is 25.2 Å². The van der Waals surface area contributed by atoms with Gasteiger partial charge in [0, 0.05) is 29.2 Å². The van der Waals surface area contributed by atoms with Crippen molar-refractivity contribution >= 4 is 35.0 Å². The lowest BCUT2D eigenvalue weighted by Crippen LogP contribution is -2.45. The van der Waals surface area contributed by atoms with E-state index in [9.17, 15) is 14.4 Å². The van der Waals surface area contributed by atoms with Crippen LogP contribution < -0.4 is 30.0 Å². The monoisotopic (exact) mass is 447 g/mol. The Balaban J connectivity index is 1.64. The fraction of sp³-hybridized carbons (Fsp3) is 0.286. The maximum absolute atomic E-state index is 12.5. The van der Waals surface area contributed by atoms with Gasteiger partial charge in [-0.15, -0.1) is 0 Å². The first-order chi connectivity index (χ1) is 14.9. The molecule has 1 unspecified atom stereocenters. The van der Waals surface area contributed by atoms with Gasteiger partial charge in [-0.05, 0) is 30.3 Å². The Morgan fingerprint density at radius 2 is 1.71 bits per heavy atom. The molecule has 31 heavy (non-hydrogen) atoms. The second kappa shape index (κ2) is 9.57. The highest BCUT2D eigenvalue weighted by molar-refractivity contribution is 6.31. The first-order valence-corrected chi connectivity index (χ1v) is 9.71. The van der Waals surface area contributed by atoms with Crippen molar-refractivity contribution in [1.29, 1.82) is 0 Å². The molecule has 0 saturated carbocycles. The average Bonchev–Trinajstić information content (AvgIpc) is 3.17. The number of carbonyl (C=O) groups is 3. The Bertz CT molecular complexity index is 987. The molecule has 2 aromatic rings. The van der Waals surface area contributed by atoms with E-state index in [-0.39, 0.29) is 24.4 Å². The number of hydrazine groups is 1. The average molecular weight is 448 g/mol. The number of nitrogens with one attached hydrogen (secondary N) is 2. The summed E-state index contributed by atoms with van der Waals surface area (Å²) in [5.74, 6) is -0.919. The topological polar surface area (TPSA) is 106 Å². The van der Waals surface area contributed by atoms with Crippen LogP contribution >= 0.6 is 11.6 Å². The van der Waals surface area contributed by atoms with Crippen LogP contribution in [0.25, 0.3) is 0 Å². The third-order valence-electron chi connectivity index (χ3n) is 4.84. The molecule has 2 aromatic carbocycles. The van der Waals surface area contributed by atoms with Gasteiger partial charge in [-0.25, -0.2) is 0 Å². The van der Waals surface area contributed by atoms with Crippen LogP contribution in [-0.2, 0) is 9.59 Å². The number of nitrogens with zero attached hydrogens (tertiary/aromatic N) is 1. The van der Waals surface area contributed by atoms with Crippen molar-refractivity contribution in [2.24, 2.45) is 5.92 Å². The summed E-state index contributed by atoms with van der Waals surface area (Å²) < 4.78 is 15.7. The van der Waals surface area contributed by atoms with Gasteiger partial charge in [-0.1, -0.05) is 17.7 Å². The minimum absolute atomic E-state index is 0.0262. The molecule has 0 radical (unpaired) electrons. The standard InChI is InChI=1S/C21H22ClN3O6/c1-29-16-7-12(8-17(30-2)19(16)31-3)20(27)23-24-21(28)13-9-18(26)25(11-13)15-6-4-5-14(22)10-15/h4-8,10,13H,9,11H2,1-3H3,(H,23,27)(H,24,28). The normalized spacial score (nSPS) is 15.4. The molecule has 0 bridgehead atoms. The lowest BCUT2D eigenvalue weighted by Gasteiger charge is -2.17. The Morgan fingerprint density at radius 3 is 2.29 bits per heavy atom. The predicted octanol–water partition coefficient (Wildman–Crippen LogP) is 2.18. The highest BCUT2D eigenvalue weighted by Gasteiger charge is 2.35. The van der Waals surface area contributed by atoms with E-state index in [0.29, 0.717) is 28.0 Å². The van der Waals surface area contributed by atoms with Crippen molar-refractivity contribution in [1.82, 2.24) is 10.9 Å². The van der Waals surface area contributed by atoms with Gasteiger partial charge in [-0.2, -0.15) is 0 Å². The van der Waals surface area contributed by atoms with E-state index in [1.54, 1.807) is 24.3 Å². The van der Waals surface area contributed by atoms with Crippen molar-refractivity contribution in [2.45, 2.75) is 6.42 Å². The van der Waals surface area contributed by atoms with E-state index in [4.69, 9.17) is 25.8 Å². The SMILES string of the molecule is COc1cc(C(=O)NNC(=O)C2CC(=O)N(c3cccc(Cl)c3)C2)cc(OC)c1OC. The summed E-state index contributed by atoms with van der Waals surface area (Å²) in [5, 5.41) is 0.496. The summed E-state index contributed by atoms with van der Waals surface area (Å²) in [6, 6.07) is 9.76.